The third-order valence-electron chi connectivity index (χ3n) is 5.93. The van der Waals surface area contributed by atoms with Gasteiger partial charge in [-0.2, -0.15) is 5.10 Å². The second-order valence-corrected chi connectivity index (χ2v) is 8.75. The number of aryl methyl sites for hydroxylation is 1. The predicted molar refractivity (Wildman–Crippen MR) is 113 cm³/mol. The fourth-order valence-electron chi connectivity index (χ4n) is 4.15. The van der Waals surface area contributed by atoms with Crippen LogP contribution >= 0.6 is 0 Å². The standard InChI is InChI=1S/C20H35N7O/c1-16-7-6-8-26(12-16)20(2,3)15-22-19(21-4)25-9-10-27(18(28)14-25)17-11-23-24(5)13-17/h11,13,16H,6-10,12,14-15H2,1-5H3,(H,21,22). The first-order chi connectivity index (χ1) is 13.3. The van der Waals surface area contributed by atoms with E-state index in [4.69, 9.17) is 0 Å². The highest BCUT2D eigenvalue weighted by Crippen LogP contribution is 2.23. The molecule has 28 heavy (non-hydrogen) atoms. The maximum Gasteiger partial charge on any atom is 0.246 e. The monoisotopic (exact) mass is 389 g/mol. The highest BCUT2D eigenvalue weighted by Gasteiger charge is 2.32. The van der Waals surface area contributed by atoms with E-state index in [1.54, 1.807) is 22.8 Å². The molecular formula is C20H35N7O. The molecule has 8 heteroatoms. The van der Waals surface area contributed by atoms with Gasteiger partial charge in [0.2, 0.25) is 5.91 Å². The summed E-state index contributed by atoms with van der Waals surface area (Å²) in [5, 5.41) is 7.69. The van der Waals surface area contributed by atoms with Gasteiger partial charge in [-0.1, -0.05) is 6.92 Å². The van der Waals surface area contributed by atoms with Crippen LogP contribution in [0, 0.1) is 5.92 Å². The third-order valence-corrected chi connectivity index (χ3v) is 5.93. The molecule has 0 bridgehead atoms. The Balaban J connectivity index is 1.56. The molecule has 0 saturated carbocycles. The van der Waals surface area contributed by atoms with Gasteiger partial charge in [-0.15, -0.1) is 0 Å². The van der Waals surface area contributed by atoms with Crippen molar-refractivity contribution in [3.05, 3.63) is 12.4 Å². The van der Waals surface area contributed by atoms with Crippen LogP contribution in [0.4, 0.5) is 5.69 Å². The number of aromatic nitrogens is 2. The maximum absolute atomic E-state index is 12.7. The highest BCUT2D eigenvalue weighted by molar-refractivity contribution is 5.98. The summed E-state index contributed by atoms with van der Waals surface area (Å²) in [6.07, 6.45) is 6.21. The lowest BCUT2D eigenvalue weighted by Gasteiger charge is -2.44. The van der Waals surface area contributed by atoms with Crippen molar-refractivity contribution in [2.75, 3.05) is 51.2 Å². The molecule has 1 aromatic rings. The SMILES string of the molecule is CN=C(NCC(C)(C)N1CCCC(C)C1)N1CCN(c2cnn(C)c2)C(=O)C1. The number of amides is 1. The van der Waals surface area contributed by atoms with Crippen LogP contribution in [0.1, 0.15) is 33.6 Å². The molecule has 0 aromatic carbocycles. The normalized spacial score (nSPS) is 22.7. The van der Waals surface area contributed by atoms with E-state index in [1.165, 1.54) is 12.8 Å². The minimum atomic E-state index is 0.0478. The van der Waals surface area contributed by atoms with Crippen LogP contribution in [0.2, 0.25) is 0 Å². The van der Waals surface area contributed by atoms with E-state index in [9.17, 15) is 4.79 Å². The van der Waals surface area contributed by atoms with E-state index in [-0.39, 0.29) is 11.4 Å². The molecule has 1 unspecified atom stereocenters. The van der Waals surface area contributed by atoms with Crippen molar-refractivity contribution < 1.29 is 4.79 Å². The quantitative estimate of drug-likeness (QED) is 0.618. The van der Waals surface area contributed by atoms with Gasteiger partial charge in [0.15, 0.2) is 5.96 Å². The van der Waals surface area contributed by atoms with Gasteiger partial charge in [0.05, 0.1) is 11.9 Å². The molecule has 2 aliphatic rings. The highest BCUT2D eigenvalue weighted by atomic mass is 16.2. The molecule has 8 nitrogen and oxygen atoms in total. The van der Waals surface area contributed by atoms with Crippen molar-refractivity contribution in [3.63, 3.8) is 0 Å². The molecule has 0 spiro atoms. The lowest BCUT2D eigenvalue weighted by Crippen LogP contribution is -2.59. The Morgan fingerprint density at radius 3 is 2.75 bits per heavy atom. The Bertz CT molecular complexity index is 711. The van der Waals surface area contributed by atoms with Crippen molar-refractivity contribution in [1.82, 2.24) is 24.9 Å². The van der Waals surface area contributed by atoms with E-state index in [0.717, 1.165) is 43.7 Å². The van der Waals surface area contributed by atoms with Crippen molar-refractivity contribution in [1.29, 1.82) is 0 Å². The number of nitrogens with zero attached hydrogens (tertiary/aromatic N) is 6. The fraction of sp³-hybridized carbons (Fsp3) is 0.750. The van der Waals surface area contributed by atoms with Crippen molar-refractivity contribution >= 4 is 17.6 Å². The number of carbonyl (C=O) groups excluding carboxylic acids is 1. The lowest BCUT2D eigenvalue weighted by molar-refractivity contribution is -0.120. The van der Waals surface area contributed by atoms with E-state index in [1.807, 2.05) is 18.1 Å². The summed E-state index contributed by atoms with van der Waals surface area (Å²) >= 11 is 0. The Morgan fingerprint density at radius 1 is 1.36 bits per heavy atom. The molecule has 1 amide bonds. The van der Waals surface area contributed by atoms with Crippen LogP contribution in [0.25, 0.3) is 0 Å². The molecule has 0 radical (unpaired) electrons. The molecule has 3 heterocycles. The summed E-state index contributed by atoms with van der Waals surface area (Å²) in [7, 11) is 3.65. The summed E-state index contributed by atoms with van der Waals surface area (Å²) in [5.74, 6) is 1.63. The molecule has 1 atom stereocenters. The molecule has 2 fully saturated rings. The summed E-state index contributed by atoms with van der Waals surface area (Å²) in [4.78, 5) is 23.5. The number of rotatable bonds is 4. The first kappa shape index (κ1) is 20.6. The molecular weight excluding hydrogens is 354 g/mol. The van der Waals surface area contributed by atoms with E-state index < -0.39 is 0 Å². The molecule has 1 N–H and O–H groups in total. The van der Waals surface area contributed by atoms with Gasteiger partial charge in [0.25, 0.3) is 0 Å². The molecule has 2 saturated heterocycles. The van der Waals surface area contributed by atoms with E-state index >= 15 is 0 Å². The number of carbonyl (C=O) groups is 1. The number of piperazine rings is 1. The Labute approximate surface area is 168 Å². The van der Waals surface area contributed by atoms with Gasteiger partial charge >= 0.3 is 0 Å². The largest absolute Gasteiger partial charge is 0.354 e. The fourth-order valence-corrected chi connectivity index (χ4v) is 4.15. The number of piperidine rings is 1. The van der Waals surface area contributed by atoms with Crippen molar-refractivity contribution in [3.8, 4) is 0 Å². The van der Waals surface area contributed by atoms with Gasteiger partial charge in [-0.3, -0.25) is 19.4 Å². The smallest absolute Gasteiger partial charge is 0.246 e. The number of likely N-dealkylation sites (tertiary alicyclic amines) is 1. The number of anilines is 1. The summed E-state index contributed by atoms with van der Waals surface area (Å²) in [6, 6.07) is 0. The molecule has 1 aromatic heterocycles. The number of guanidine groups is 1. The van der Waals surface area contributed by atoms with Crippen LogP contribution in [0.5, 0.6) is 0 Å². The van der Waals surface area contributed by atoms with Gasteiger partial charge in [-0.25, -0.2) is 0 Å². The van der Waals surface area contributed by atoms with Crippen molar-refractivity contribution in [2.24, 2.45) is 18.0 Å². The average Bonchev–Trinajstić information content (AvgIpc) is 3.08. The second kappa shape index (κ2) is 8.51. The number of nitrogens with one attached hydrogen (secondary N) is 1. The van der Waals surface area contributed by atoms with Crippen molar-refractivity contribution in [2.45, 2.75) is 39.2 Å². The van der Waals surface area contributed by atoms with Gasteiger partial charge < -0.3 is 15.1 Å². The molecule has 2 aliphatic heterocycles. The first-order valence-corrected chi connectivity index (χ1v) is 10.3. The summed E-state index contributed by atoms with van der Waals surface area (Å²) in [6.45, 7) is 11.7. The Hall–Kier alpha value is -2.09. The first-order valence-electron chi connectivity index (χ1n) is 10.3. The summed E-state index contributed by atoms with van der Waals surface area (Å²) in [5.41, 5.74) is 0.905. The molecule has 3 rings (SSSR count). The minimum Gasteiger partial charge on any atom is -0.354 e. The summed E-state index contributed by atoms with van der Waals surface area (Å²) < 4.78 is 1.72. The third kappa shape index (κ3) is 4.66. The Morgan fingerprint density at radius 2 is 2.14 bits per heavy atom. The maximum atomic E-state index is 12.7. The second-order valence-electron chi connectivity index (χ2n) is 8.75. The lowest BCUT2D eigenvalue weighted by atomic mass is 9.93. The topological polar surface area (TPSA) is 69.0 Å². The molecule has 0 aliphatic carbocycles. The van der Waals surface area contributed by atoms with Gasteiger partial charge in [0, 0.05) is 52.0 Å². The Kier molecular flexibility index (Phi) is 6.27. The average molecular weight is 390 g/mol. The van der Waals surface area contributed by atoms with Gasteiger partial charge in [-0.05, 0) is 39.2 Å². The number of hydrogen-bond donors (Lipinski definition) is 1. The van der Waals surface area contributed by atoms with Crippen LogP contribution in [0.15, 0.2) is 17.4 Å². The van der Waals surface area contributed by atoms with Crippen LogP contribution in [-0.2, 0) is 11.8 Å². The molecule has 156 valence electrons. The van der Waals surface area contributed by atoms with Crippen LogP contribution in [0.3, 0.4) is 0 Å². The van der Waals surface area contributed by atoms with E-state index in [0.29, 0.717) is 13.1 Å². The number of aliphatic imine (C=N–C) groups is 1. The van der Waals surface area contributed by atoms with Crippen LogP contribution < -0.4 is 10.2 Å². The zero-order valence-electron chi connectivity index (χ0n) is 18.0. The number of hydrogen-bond acceptors (Lipinski definition) is 4. The predicted octanol–water partition coefficient (Wildman–Crippen LogP) is 1.15. The van der Waals surface area contributed by atoms with Gasteiger partial charge in [0.1, 0.15) is 6.54 Å². The van der Waals surface area contributed by atoms with E-state index in [2.05, 4.69) is 41.1 Å². The zero-order valence-corrected chi connectivity index (χ0v) is 18.0. The minimum absolute atomic E-state index is 0.0478. The zero-order chi connectivity index (χ0) is 20.3. The van der Waals surface area contributed by atoms with Crippen LogP contribution in [-0.4, -0.2) is 83.3 Å².